The quantitative estimate of drug-likeness (QED) is 0.415. The summed E-state index contributed by atoms with van der Waals surface area (Å²) in [5, 5.41) is 3.40. The molecule has 2 heteroatoms. The Balaban J connectivity index is 2.77. The highest BCUT2D eigenvalue weighted by atomic mass is 19.1. The summed E-state index contributed by atoms with van der Waals surface area (Å²) in [6.07, 6.45) is 9.08. The van der Waals surface area contributed by atoms with Gasteiger partial charge in [-0.3, -0.25) is 0 Å². The van der Waals surface area contributed by atoms with Gasteiger partial charge in [0.1, 0.15) is 5.67 Å². The molecule has 0 aromatic rings. The zero-order valence-electron chi connectivity index (χ0n) is 14.6. The Bertz CT molecular complexity index is 458. The molecule has 1 N–H and O–H groups in total. The zero-order valence-corrected chi connectivity index (χ0v) is 14.6. The first-order valence-electron chi connectivity index (χ1n) is 8.38. The van der Waals surface area contributed by atoms with E-state index in [4.69, 9.17) is 0 Å². The number of halogens is 1. The minimum atomic E-state index is -1.09. The van der Waals surface area contributed by atoms with Gasteiger partial charge in [-0.1, -0.05) is 32.2 Å². The number of hydrogen-bond acceptors (Lipinski definition) is 1. The molecule has 2 atom stereocenters. The summed E-state index contributed by atoms with van der Waals surface area (Å²) in [6.45, 7) is 18.3. The summed E-state index contributed by atoms with van der Waals surface area (Å²) in [4.78, 5) is 0. The molecule has 0 aromatic heterocycles. The molecular weight excluding hydrogens is 273 g/mol. The van der Waals surface area contributed by atoms with Crippen molar-refractivity contribution in [3.8, 4) is 0 Å². The molecule has 1 rings (SSSR count). The fraction of sp³-hybridized carbons (Fsp3) is 0.600. The van der Waals surface area contributed by atoms with E-state index in [1.54, 1.807) is 6.92 Å². The Labute approximate surface area is 136 Å². The van der Waals surface area contributed by atoms with Crippen LogP contribution < -0.4 is 5.32 Å². The van der Waals surface area contributed by atoms with Crippen molar-refractivity contribution < 1.29 is 4.39 Å². The maximum atomic E-state index is 14.9. The standard InChI is InChI=1S/C20H32FN/c1-7-10-12-18(8-2)16(4)17(5)22-15-20(9-3)14-11-13-19(20,6)21/h7-8,22H,1-2,5,9-15H2,3-4,6H3/b18-16+. The van der Waals surface area contributed by atoms with Crippen LogP contribution in [0.5, 0.6) is 0 Å². The van der Waals surface area contributed by atoms with Crippen molar-refractivity contribution in [1.82, 2.24) is 5.32 Å². The molecule has 0 aliphatic heterocycles. The highest BCUT2D eigenvalue weighted by molar-refractivity contribution is 5.36. The van der Waals surface area contributed by atoms with Crippen molar-refractivity contribution >= 4 is 0 Å². The normalized spacial score (nSPS) is 28.9. The monoisotopic (exact) mass is 305 g/mol. The largest absolute Gasteiger partial charge is 0.385 e. The molecule has 1 saturated carbocycles. The second-order valence-electron chi connectivity index (χ2n) is 6.70. The van der Waals surface area contributed by atoms with Crippen molar-refractivity contribution in [2.24, 2.45) is 5.41 Å². The van der Waals surface area contributed by atoms with E-state index in [0.717, 1.165) is 43.4 Å². The molecule has 0 amide bonds. The zero-order chi connectivity index (χ0) is 16.8. The maximum Gasteiger partial charge on any atom is 0.115 e. The van der Waals surface area contributed by atoms with Gasteiger partial charge in [0, 0.05) is 17.7 Å². The summed E-state index contributed by atoms with van der Waals surface area (Å²) < 4.78 is 14.9. The van der Waals surface area contributed by atoms with Crippen LogP contribution in [0, 0.1) is 5.41 Å². The number of alkyl halides is 1. The lowest BCUT2D eigenvalue weighted by atomic mass is 9.74. The van der Waals surface area contributed by atoms with E-state index < -0.39 is 5.67 Å². The van der Waals surface area contributed by atoms with Crippen LogP contribution in [0.3, 0.4) is 0 Å². The molecule has 2 unspecified atom stereocenters. The van der Waals surface area contributed by atoms with E-state index in [1.807, 2.05) is 12.2 Å². The van der Waals surface area contributed by atoms with Crippen LogP contribution in [-0.4, -0.2) is 12.2 Å². The predicted octanol–water partition coefficient (Wildman–Crippen LogP) is 5.87. The van der Waals surface area contributed by atoms with Gasteiger partial charge in [0.15, 0.2) is 0 Å². The maximum absolute atomic E-state index is 14.9. The second kappa shape index (κ2) is 7.80. The molecule has 0 heterocycles. The van der Waals surface area contributed by atoms with Gasteiger partial charge in [-0.2, -0.15) is 0 Å². The van der Waals surface area contributed by atoms with Crippen LogP contribution in [0.2, 0.25) is 0 Å². The van der Waals surface area contributed by atoms with Gasteiger partial charge in [-0.05, 0) is 63.5 Å². The van der Waals surface area contributed by atoms with E-state index >= 15 is 0 Å². The van der Waals surface area contributed by atoms with E-state index in [2.05, 4.69) is 38.9 Å². The fourth-order valence-corrected chi connectivity index (χ4v) is 3.53. The molecule has 0 spiro atoms. The van der Waals surface area contributed by atoms with Gasteiger partial charge in [0.2, 0.25) is 0 Å². The van der Waals surface area contributed by atoms with Gasteiger partial charge in [0.05, 0.1) is 0 Å². The molecule has 0 bridgehead atoms. The average Bonchev–Trinajstić information content (AvgIpc) is 2.80. The van der Waals surface area contributed by atoms with Crippen molar-refractivity contribution in [3.05, 3.63) is 48.7 Å². The highest BCUT2D eigenvalue weighted by Gasteiger charge is 2.51. The lowest BCUT2D eigenvalue weighted by Gasteiger charge is -2.38. The first kappa shape index (κ1) is 18.7. The van der Waals surface area contributed by atoms with Crippen LogP contribution in [0.15, 0.2) is 48.7 Å². The van der Waals surface area contributed by atoms with E-state index in [-0.39, 0.29) is 5.41 Å². The van der Waals surface area contributed by atoms with E-state index in [9.17, 15) is 4.39 Å². The molecule has 22 heavy (non-hydrogen) atoms. The number of nitrogens with one attached hydrogen (secondary N) is 1. The topological polar surface area (TPSA) is 12.0 Å². The van der Waals surface area contributed by atoms with Crippen LogP contribution >= 0.6 is 0 Å². The lowest BCUT2D eigenvalue weighted by Crippen LogP contribution is -2.44. The van der Waals surface area contributed by atoms with Gasteiger partial charge < -0.3 is 5.32 Å². The summed E-state index contributed by atoms with van der Waals surface area (Å²) in [5.41, 5.74) is 1.82. The Morgan fingerprint density at radius 3 is 2.45 bits per heavy atom. The Morgan fingerprint density at radius 1 is 1.32 bits per heavy atom. The first-order chi connectivity index (χ1) is 10.3. The predicted molar refractivity (Wildman–Crippen MR) is 95.6 cm³/mol. The van der Waals surface area contributed by atoms with Crippen LogP contribution in [-0.2, 0) is 0 Å². The van der Waals surface area contributed by atoms with Crippen molar-refractivity contribution in [1.29, 1.82) is 0 Å². The smallest absolute Gasteiger partial charge is 0.115 e. The third kappa shape index (κ3) is 3.91. The minimum Gasteiger partial charge on any atom is -0.385 e. The van der Waals surface area contributed by atoms with Crippen molar-refractivity contribution in [2.75, 3.05) is 6.54 Å². The second-order valence-corrected chi connectivity index (χ2v) is 6.70. The first-order valence-corrected chi connectivity index (χ1v) is 8.38. The Morgan fingerprint density at radius 2 is 2.00 bits per heavy atom. The Kier molecular flexibility index (Phi) is 6.65. The SMILES string of the molecule is C=CCC/C(C=C)=C(\C)C(=C)NCC1(CC)CCCC1(C)F. The van der Waals surface area contributed by atoms with Gasteiger partial charge in [-0.25, -0.2) is 4.39 Å². The third-order valence-electron chi connectivity index (χ3n) is 5.52. The van der Waals surface area contributed by atoms with Crippen molar-refractivity contribution in [2.45, 2.75) is 65.0 Å². The highest BCUT2D eigenvalue weighted by Crippen LogP contribution is 2.51. The summed E-state index contributed by atoms with van der Waals surface area (Å²) in [7, 11) is 0. The molecule has 1 nitrogen and oxygen atoms in total. The van der Waals surface area contributed by atoms with Gasteiger partial charge in [0.25, 0.3) is 0 Å². The van der Waals surface area contributed by atoms with Gasteiger partial charge >= 0.3 is 0 Å². The number of allylic oxidation sites excluding steroid dienone is 4. The van der Waals surface area contributed by atoms with E-state index in [1.165, 1.54) is 5.57 Å². The van der Waals surface area contributed by atoms with Crippen LogP contribution in [0.25, 0.3) is 0 Å². The average molecular weight is 305 g/mol. The fourth-order valence-electron chi connectivity index (χ4n) is 3.53. The molecule has 124 valence electrons. The molecule has 0 saturated heterocycles. The van der Waals surface area contributed by atoms with Crippen LogP contribution in [0.4, 0.5) is 4.39 Å². The lowest BCUT2D eigenvalue weighted by molar-refractivity contribution is 0.0356. The third-order valence-corrected chi connectivity index (χ3v) is 5.52. The van der Waals surface area contributed by atoms with Gasteiger partial charge in [-0.15, -0.1) is 6.58 Å². The molecule has 0 radical (unpaired) electrons. The molecule has 0 aromatic carbocycles. The molecule has 1 fully saturated rings. The minimum absolute atomic E-state index is 0.272. The number of rotatable bonds is 9. The molecular formula is C20H32FN. The van der Waals surface area contributed by atoms with Crippen LogP contribution in [0.1, 0.15) is 59.3 Å². The summed E-state index contributed by atoms with van der Waals surface area (Å²) in [5.74, 6) is 0. The molecule has 1 aliphatic carbocycles. The van der Waals surface area contributed by atoms with E-state index in [0.29, 0.717) is 13.0 Å². The summed E-state index contributed by atoms with van der Waals surface area (Å²) in [6, 6.07) is 0. The molecule has 1 aliphatic rings. The summed E-state index contributed by atoms with van der Waals surface area (Å²) >= 11 is 0. The van der Waals surface area contributed by atoms with Crippen molar-refractivity contribution in [3.63, 3.8) is 0 Å². The number of hydrogen-bond donors (Lipinski definition) is 1. The Hall–Kier alpha value is -1.31.